The third kappa shape index (κ3) is 4.55. The van der Waals surface area contributed by atoms with Crippen LogP contribution in [0.2, 0.25) is 0 Å². The van der Waals surface area contributed by atoms with E-state index in [2.05, 4.69) is 39.4 Å². The molecule has 0 aliphatic carbocycles. The Morgan fingerprint density at radius 3 is 2.52 bits per heavy atom. The Morgan fingerprint density at radius 2 is 1.74 bits per heavy atom. The monoisotopic (exact) mass is 387 g/mol. The van der Waals surface area contributed by atoms with Crippen molar-refractivity contribution in [3.63, 3.8) is 0 Å². The molecule has 0 saturated carbocycles. The number of ether oxygens (including phenoxy) is 1. The lowest BCUT2D eigenvalue weighted by atomic mass is 10.1. The van der Waals surface area contributed by atoms with Crippen LogP contribution in [0.15, 0.2) is 29.6 Å². The molecule has 1 amide bonds. The van der Waals surface area contributed by atoms with E-state index >= 15 is 0 Å². The number of benzene rings is 1. The van der Waals surface area contributed by atoms with Crippen LogP contribution >= 0.6 is 11.3 Å². The predicted octanol–water partition coefficient (Wildman–Crippen LogP) is 4.04. The van der Waals surface area contributed by atoms with Crippen molar-refractivity contribution in [1.82, 2.24) is 9.80 Å². The number of unbranched alkanes of at least 4 members (excludes halogenated alkanes) is 3. The molecule has 4 rings (SSSR count). The fourth-order valence-corrected chi connectivity index (χ4v) is 4.89. The molecule has 2 aromatic rings. The molecule has 2 aliphatic rings. The summed E-state index contributed by atoms with van der Waals surface area (Å²) in [5, 5.41) is 3.59. The van der Waals surface area contributed by atoms with E-state index in [0.717, 1.165) is 45.7 Å². The van der Waals surface area contributed by atoms with E-state index in [1.807, 2.05) is 16.2 Å². The summed E-state index contributed by atoms with van der Waals surface area (Å²) >= 11 is 1.83. The minimum absolute atomic E-state index is 0.133. The summed E-state index contributed by atoms with van der Waals surface area (Å²) < 4.78 is 6.35. The van der Waals surface area contributed by atoms with Crippen LogP contribution < -0.4 is 4.90 Å². The van der Waals surface area contributed by atoms with E-state index < -0.39 is 0 Å². The van der Waals surface area contributed by atoms with Gasteiger partial charge < -0.3 is 14.5 Å². The number of hydrogen-bond donors (Lipinski definition) is 0. The summed E-state index contributed by atoms with van der Waals surface area (Å²) in [6, 6.07) is 8.92. The van der Waals surface area contributed by atoms with Gasteiger partial charge in [-0.2, -0.15) is 0 Å². The molecule has 0 bridgehead atoms. The number of fused-ring (bicyclic) bond motifs is 1. The third-order valence-electron chi connectivity index (χ3n) is 5.68. The number of cyclic esters (lactones) is 1. The summed E-state index contributed by atoms with van der Waals surface area (Å²) in [6.45, 7) is 7.92. The highest BCUT2D eigenvalue weighted by Gasteiger charge is 2.21. The van der Waals surface area contributed by atoms with Gasteiger partial charge in [0.15, 0.2) is 0 Å². The number of nitrogens with zero attached hydrogens (tertiary/aromatic N) is 3. The van der Waals surface area contributed by atoms with Gasteiger partial charge in [0, 0.05) is 48.5 Å². The molecule has 2 fully saturated rings. The first-order valence-corrected chi connectivity index (χ1v) is 11.0. The zero-order chi connectivity index (χ0) is 18.5. The number of piperazine rings is 1. The molecule has 2 aliphatic heterocycles. The van der Waals surface area contributed by atoms with Crippen molar-refractivity contribution in [2.24, 2.45) is 0 Å². The molecule has 1 aromatic carbocycles. The van der Waals surface area contributed by atoms with Gasteiger partial charge >= 0.3 is 6.09 Å². The van der Waals surface area contributed by atoms with Crippen LogP contribution in [0.4, 0.5) is 10.5 Å². The zero-order valence-electron chi connectivity index (χ0n) is 15.9. The molecule has 0 unspecified atom stereocenters. The summed E-state index contributed by atoms with van der Waals surface area (Å²) in [5.41, 5.74) is 1.40. The van der Waals surface area contributed by atoms with E-state index in [-0.39, 0.29) is 6.09 Å². The fraction of sp³-hybridized carbons (Fsp3) is 0.571. The molecule has 0 radical (unpaired) electrons. The van der Waals surface area contributed by atoms with Gasteiger partial charge in [0.1, 0.15) is 6.61 Å². The maximum Gasteiger partial charge on any atom is 0.409 e. The van der Waals surface area contributed by atoms with E-state index in [4.69, 9.17) is 4.74 Å². The molecule has 0 N–H and O–H groups in total. The highest BCUT2D eigenvalue weighted by atomic mass is 32.1. The average molecular weight is 388 g/mol. The van der Waals surface area contributed by atoms with Gasteiger partial charge in [-0.3, -0.25) is 4.90 Å². The molecule has 2 saturated heterocycles. The summed E-state index contributed by atoms with van der Waals surface area (Å²) in [6.07, 6.45) is 4.66. The highest BCUT2D eigenvalue weighted by Crippen LogP contribution is 2.31. The second-order valence-corrected chi connectivity index (χ2v) is 8.40. The Morgan fingerprint density at radius 1 is 0.926 bits per heavy atom. The maximum absolute atomic E-state index is 11.4. The molecule has 6 heteroatoms. The first kappa shape index (κ1) is 18.6. The van der Waals surface area contributed by atoms with Crippen LogP contribution in [0.25, 0.3) is 10.1 Å². The lowest BCUT2D eigenvalue weighted by Gasteiger charge is -2.36. The molecule has 27 heavy (non-hydrogen) atoms. The normalized spacial score (nSPS) is 18.4. The van der Waals surface area contributed by atoms with E-state index in [1.165, 1.54) is 41.6 Å². The minimum Gasteiger partial charge on any atom is -0.448 e. The van der Waals surface area contributed by atoms with Gasteiger partial charge in [-0.05, 0) is 43.0 Å². The maximum atomic E-state index is 11.4. The van der Waals surface area contributed by atoms with Crippen molar-refractivity contribution in [3.8, 4) is 0 Å². The lowest BCUT2D eigenvalue weighted by molar-refractivity contribution is 0.158. The minimum atomic E-state index is -0.133. The molecular weight excluding hydrogens is 358 g/mol. The standard InChI is InChI=1S/C21H29N3O2S/c25-21-24(15-16-26-21)10-4-2-1-3-9-22-11-13-23(14-12-22)19-6-5-7-20-18(19)8-17-27-20/h5-8,17H,1-4,9-16H2. The average Bonchev–Trinajstić information content (AvgIpc) is 3.34. The third-order valence-corrected chi connectivity index (χ3v) is 6.57. The van der Waals surface area contributed by atoms with E-state index in [9.17, 15) is 4.79 Å². The topological polar surface area (TPSA) is 36.0 Å². The number of carbonyl (C=O) groups is 1. The van der Waals surface area contributed by atoms with Gasteiger partial charge in [0.2, 0.25) is 0 Å². The van der Waals surface area contributed by atoms with Crippen LogP contribution in [0.1, 0.15) is 25.7 Å². The summed E-state index contributed by atoms with van der Waals surface area (Å²) in [4.78, 5) is 18.3. The van der Waals surface area contributed by atoms with E-state index in [0.29, 0.717) is 6.61 Å². The van der Waals surface area contributed by atoms with Gasteiger partial charge in [-0.25, -0.2) is 4.79 Å². The Bertz CT molecular complexity index is 755. The van der Waals surface area contributed by atoms with Crippen molar-refractivity contribution >= 4 is 33.2 Å². The molecule has 0 atom stereocenters. The van der Waals surface area contributed by atoms with Crippen molar-refractivity contribution in [2.45, 2.75) is 25.7 Å². The molecule has 0 spiro atoms. The quantitative estimate of drug-likeness (QED) is 0.641. The van der Waals surface area contributed by atoms with Gasteiger partial charge in [0.25, 0.3) is 0 Å². The smallest absolute Gasteiger partial charge is 0.409 e. The molecule has 5 nitrogen and oxygen atoms in total. The number of thiophene rings is 1. The Balaban J connectivity index is 1.13. The molecule has 146 valence electrons. The SMILES string of the molecule is O=C1OCCN1CCCCCCN1CCN(c2cccc3sccc23)CC1. The van der Waals surface area contributed by atoms with Crippen molar-refractivity contribution in [2.75, 3.05) is 57.3 Å². The highest BCUT2D eigenvalue weighted by molar-refractivity contribution is 7.17. The fourth-order valence-electron chi connectivity index (χ4n) is 4.09. The second-order valence-electron chi connectivity index (χ2n) is 7.45. The number of anilines is 1. The van der Waals surface area contributed by atoms with Crippen LogP contribution in [0, 0.1) is 0 Å². The van der Waals surface area contributed by atoms with Crippen LogP contribution in [0.5, 0.6) is 0 Å². The van der Waals surface area contributed by atoms with Crippen LogP contribution in [-0.4, -0.2) is 68.3 Å². The lowest BCUT2D eigenvalue weighted by Crippen LogP contribution is -2.46. The Hall–Kier alpha value is -1.79. The first-order chi connectivity index (χ1) is 13.3. The zero-order valence-corrected chi connectivity index (χ0v) is 16.8. The first-order valence-electron chi connectivity index (χ1n) is 10.2. The molecular formula is C21H29N3O2S. The molecule has 1 aromatic heterocycles. The van der Waals surface area contributed by atoms with Crippen LogP contribution in [-0.2, 0) is 4.74 Å². The molecule has 3 heterocycles. The predicted molar refractivity (Wildman–Crippen MR) is 112 cm³/mol. The number of rotatable bonds is 8. The van der Waals surface area contributed by atoms with Gasteiger partial charge in [0.05, 0.1) is 6.54 Å². The van der Waals surface area contributed by atoms with Crippen LogP contribution in [0.3, 0.4) is 0 Å². The Kier molecular flexibility index (Phi) is 6.14. The van der Waals surface area contributed by atoms with Gasteiger partial charge in [-0.15, -0.1) is 11.3 Å². The number of amides is 1. The summed E-state index contributed by atoms with van der Waals surface area (Å²) in [5.74, 6) is 0. The van der Waals surface area contributed by atoms with Crippen molar-refractivity contribution in [3.05, 3.63) is 29.6 Å². The number of carbonyl (C=O) groups excluding carboxylic acids is 1. The van der Waals surface area contributed by atoms with Crippen molar-refractivity contribution < 1.29 is 9.53 Å². The van der Waals surface area contributed by atoms with E-state index in [1.54, 1.807) is 0 Å². The van der Waals surface area contributed by atoms with Crippen molar-refractivity contribution in [1.29, 1.82) is 0 Å². The number of hydrogen-bond acceptors (Lipinski definition) is 5. The second kappa shape index (κ2) is 8.93. The van der Waals surface area contributed by atoms with Gasteiger partial charge in [-0.1, -0.05) is 18.9 Å². The largest absolute Gasteiger partial charge is 0.448 e. The Labute approximate surface area is 165 Å². The summed E-state index contributed by atoms with van der Waals surface area (Å²) in [7, 11) is 0.